The summed E-state index contributed by atoms with van der Waals surface area (Å²) in [6.45, 7) is 3.44. The molecule has 1 aliphatic rings. The van der Waals surface area contributed by atoms with Gasteiger partial charge in [0.25, 0.3) is 5.91 Å². The van der Waals surface area contributed by atoms with Crippen LogP contribution in [0.4, 0.5) is 0 Å². The lowest BCUT2D eigenvalue weighted by Crippen LogP contribution is -2.32. The predicted octanol–water partition coefficient (Wildman–Crippen LogP) is 1.51. The van der Waals surface area contributed by atoms with Crippen LogP contribution in [-0.4, -0.2) is 23.8 Å². The molecule has 0 spiro atoms. The third kappa shape index (κ3) is 2.31. The van der Waals surface area contributed by atoms with Crippen molar-refractivity contribution in [1.29, 1.82) is 0 Å². The molecule has 3 heteroatoms. The summed E-state index contributed by atoms with van der Waals surface area (Å²) in [5.41, 5.74) is 0.706. The summed E-state index contributed by atoms with van der Waals surface area (Å²) in [5.74, 6) is -0.0360. The van der Waals surface area contributed by atoms with Crippen molar-refractivity contribution in [3.05, 3.63) is 23.8 Å². The SMILES string of the molecule is CC(=O)N(C)C(=O)C1=CC=C[C@H](C)C1. The minimum absolute atomic E-state index is 0.186. The van der Waals surface area contributed by atoms with Gasteiger partial charge in [-0.15, -0.1) is 0 Å². The highest BCUT2D eigenvalue weighted by atomic mass is 16.2. The lowest BCUT2D eigenvalue weighted by molar-refractivity contribution is -0.139. The fourth-order valence-corrected chi connectivity index (χ4v) is 1.36. The van der Waals surface area contributed by atoms with Crippen molar-refractivity contribution < 1.29 is 9.59 Å². The van der Waals surface area contributed by atoms with E-state index in [-0.39, 0.29) is 11.8 Å². The van der Waals surface area contributed by atoms with Gasteiger partial charge in [-0.25, -0.2) is 0 Å². The Bertz CT molecular complexity index is 315. The zero-order chi connectivity index (χ0) is 10.7. The number of allylic oxidation sites excluding steroid dienone is 3. The zero-order valence-corrected chi connectivity index (χ0v) is 8.78. The monoisotopic (exact) mass is 193 g/mol. The first kappa shape index (κ1) is 10.7. The number of hydrogen-bond acceptors (Lipinski definition) is 2. The summed E-state index contributed by atoms with van der Waals surface area (Å²) in [5, 5.41) is 0. The second-order valence-electron chi connectivity index (χ2n) is 3.64. The van der Waals surface area contributed by atoms with Crippen LogP contribution in [0.3, 0.4) is 0 Å². The number of hydrogen-bond donors (Lipinski definition) is 0. The molecule has 1 atom stereocenters. The van der Waals surface area contributed by atoms with E-state index in [2.05, 4.69) is 0 Å². The molecule has 2 amide bonds. The summed E-state index contributed by atoms with van der Waals surface area (Å²) in [6.07, 6.45) is 6.41. The van der Waals surface area contributed by atoms with Gasteiger partial charge in [0.2, 0.25) is 5.91 Å². The molecule has 0 aromatic rings. The molecule has 3 nitrogen and oxygen atoms in total. The first-order chi connectivity index (χ1) is 6.52. The topological polar surface area (TPSA) is 37.4 Å². The highest BCUT2D eigenvalue weighted by molar-refractivity contribution is 6.03. The van der Waals surface area contributed by atoms with E-state index in [0.717, 1.165) is 4.90 Å². The molecular formula is C11H15NO2. The standard InChI is InChI=1S/C11H15NO2/c1-8-5-4-6-10(7-8)11(14)12(3)9(2)13/h4-6,8H,7H2,1-3H3/t8-/m0/s1. The number of rotatable bonds is 1. The van der Waals surface area contributed by atoms with Gasteiger partial charge in [-0.1, -0.05) is 25.2 Å². The molecule has 0 N–H and O–H groups in total. The lowest BCUT2D eigenvalue weighted by atomic mass is 9.95. The minimum Gasteiger partial charge on any atom is -0.282 e. The van der Waals surface area contributed by atoms with Gasteiger partial charge in [-0.2, -0.15) is 0 Å². The fraction of sp³-hybridized carbons (Fsp3) is 0.455. The molecule has 0 aromatic carbocycles. The molecule has 0 aromatic heterocycles. The van der Waals surface area contributed by atoms with Gasteiger partial charge < -0.3 is 0 Å². The van der Waals surface area contributed by atoms with E-state index in [4.69, 9.17) is 0 Å². The summed E-state index contributed by atoms with van der Waals surface area (Å²) in [4.78, 5) is 23.8. The zero-order valence-electron chi connectivity index (χ0n) is 8.78. The molecule has 0 saturated carbocycles. The van der Waals surface area contributed by atoms with Gasteiger partial charge in [-0.05, 0) is 12.3 Å². The van der Waals surface area contributed by atoms with Crippen LogP contribution in [0.5, 0.6) is 0 Å². The van der Waals surface area contributed by atoms with Crippen molar-refractivity contribution in [1.82, 2.24) is 4.90 Å². The molecule has 1 aliphatic carbocycles. The quantitative estimate of drug-likeness (QED) is 0.633. The molecule has 0 saturated heterocycles. The highest BCUT2D eigenvalue weighted by Gasteiger charge is 2.19. The van der Waals surface area contributed by atoms with Crippen molar-refractivity contribution in [3.63, 3.8) is 0 Å². The van der Waals surface area contributed by atoms with E-state index in [0.29, 0.717) is 17.9 Å². The second kappa shape index (κ2) is 4.22. The van der Waals surface area contributed by atoms with Crippen molar-refractivity contribution in [2.75, 3.05) is 7.05 Å². The molecular weight excluding hydrogens is 178 g/mol. The molecule has 0 heterocycles. The fourth-order valence-electron chi connectivity index (χ4n) is 1.36. The maximum absolute atomic E-state index is 11.7. The first-order valence-electron chi connectivity index (χ1n) is 4.68. The maximum Gasteiger partial charge on any atom is 0.256 e. The van der Waals surface area contributed by atoms with Crippen molar-refractivity contribution >= 4 is 11.8 Å². The number of likely N-dealkylation sites (N-methyl/N-ethyl adjacent to an activating group) is 1. The van der Waals surface area contributed by atoms with Crippen LogP contribution in [0.1, 0.15) is 20.3 Å². The van der Waals surface area contributed by atoms with Crippen LogP contribution in [0, 0.1) is 5.92 Å². The van der Waals surface area contributed by atoms with Crippen LogP contribution in [0.15, 0.2) is 23.8 Å². The van der Waals surface area contributed by atoms with Gasteiger partial charge in [0.15, 0.2) is 0 Å². The summed E-state index contributed by atoms with van der Waals surface area (Å²) in [6, 6.07) is 0. The van der Waals surface area contributed by atoms with Crippen LogP contribution in [0.2, 0.25) is 0 Å². The molecule has 0 fully saturated rings. The van der Waals surface area contributed by atoms with Gasteiger partial charge >= 0.3 is 0 Å². The molecule has 14 heavy (non-hydrogen) atoms. The number of imide groups is 1. The van der Waals surface area contributed by atoms with E-state index >= 15 is 0 Å². The molecule has 0 aliphatic heterocycles. The third-order valence-corrected chi connectivity index (χ3v) is 2.33. The Hall–Kier alpha value is -1.38. The van der Waals surface area contributed by atoms with E-state index in [1.165, 1.54) is 14.0 Å². The molecule has 0 unspecified atom stereocenters. The Morgan fingerprint density at radius 3 is 2.64 bits per heavy atom. The Morgan fingerprint density at radius 2 is 2.14 bits per heavy atom. The largest absolute Gasteiger partial charge is 0.282 e. The van der Waals surface area contributed by atoms with Crippen molar-refractivity contribution in [3.8, 4) is 0 Å². The average molecular weight is 193 g/mol. The maximum atomic E-state index is 11.7. The molecule has 0 bridgehead atoms. The van der Waals surface area contributed by atoms with E-state index < -0.39 is 0 Å². The normalized spacial score (nSPS) is 20.2. The van der Waals surface area contributed by atoms with Crippen LogP contribution < -0.4 is 0 Å². The highest BCUT2D eigenvalue weighted by Crippen LogP contribution is 2.19. The number of carbonyl (C=O) groups is 2. The summed E-state index contributed by atoms with van der Waals surface area (Å²) >= 11 is 0. The van der Waals surface area contributed by atoms with E-state index in [1.807, 2.05) is 19.1 Å². The van der Waals surface area contributed by atoms with Crippen LogP contribution >= 0.6 is 0 Å². The Morgan fingerprint density at radius 1 is 1.50 bits per heavy atom. The number of amides is 2. The molecule has 0 radical (unpaired) electrons. The Labute approximate surface area is 84.1 Å². The smallest absolute Gasteiger partial charge is 0.256 e. The number of nitrogens with zero attached hydrogens (tertiary/aromatic N) is 1. The van der Waals surface area contributed by atoms with Crippen molar-refractivity contribution in [2.45, 2.75) is 20.3 Å². The Kier molecular flexibility index (Phi) is 3.23. The van der Waals surface area contributed by atoms with Crippen molar-refractivity contribution in [2.24, 2.45) is 5.92 Å². The van der Waals surface area contributed by atoms with Gasteiger partial charge in [0.1, 0.15) is 0 Å². The van der Waals surface area contributed by atoms with E-state index in [1.54, 1.807) is 6.08 Å². The summed E-state index contributed by atoms with van der Waals surface area (Å²) in [7, 11) is 1.51. The first-order valence-corrected chi connectivity index (χ1v) is 4.68. The van der Waals surface area contributed by atoms with Gasteiger partial charge in [-0.3, -0.25) is 14.5 Å². The van der Waals surface area contributed by atoms with Crippen LogP contribution in [0.25, 0.3) is 0 Å². The predicted molar refractivity (Wildman–Crippen MR) is 54.5 cm³/mol. The molecule has 76 valence electrons. The summed E-state index contributed by atoms with van der Waals surface area (Å²) < 4.78 is 0. The Balaban J connectivity index is 2.75. The number of carbonyl (C=O) groups excluding carboxylic acids is 2. The van der Waals surface area contributed by atoms with Gasteiger partial charge in [0, 0.05) is 19.5 Å². The average Bonchev–Trinajstić information content (AvgIpc) is 2.15. The minimum atomic E-state index is -0.224. The molecule has 1 rings (SSSR count). The van der Waals surface area contributed by atoms with Crippen LogP contribution in [-0.2, 0) is 9.59 Å². The van der Waals surface area contributed by atoms with E-state index in [9.17, 15) is 9.59 Å². The van der Waals surface area contributed by atoms with Gasteiger partial charge in [0.05, 0.1) is 0 Å². The second-order valence-corrected chi connectivity index (χ2v) is 3.64. The lowest BCUT2D eigenvalue weighted by Gasteiger charge is -2.18. The third-order valence-electron chi connectivity index (χ3n) is 2.33.